The van der Waals surface area contributed by atoms with Gasteiger partial charge in [0.05, 0.1) is 19.8 Å². The summed E-state index contributed by atoms with van der Waals surface area (Å²) in [6.45, 7) is 7.55. The zero-order valence-corrected chi connectivity index (χ0v) is 11.4. The molecule has 0 heterocycles. The van der Waals surface area contributed by atoms with Crippen LogP contribution in [0.1, 0.15) is 27.7 Å². The molecule has 7 heteroatoms. The molecular formula is C8H19O5P2+. The highest BCUT2D eigenvalue weighted by atomic mass is 31.2. The van der Waals surface area contributed by atoms with Gasteiger partial charge in [-0.3, -0.25) is 4.57 Å². The molecule has 0 fully saturated rings. The maximum atomic E-state index is 12.1. The third-order valence-corrected chi connectivity index (χ3v) is 6.33. The quantitative estimate of drug-likeness (QED) is 0.624. The summed E-state index contributed by atoms with van der Waals surface area (Å²) in [5.41, 5.74) is 0. The fourth-order valence-electron chi connectivity index (χ4n) is 0.963. The molecule has 0 amide bonds. The first-order valence-corrected chi connectivity index (χ1v) is 7.85. The van der Waals surface area contributed by atoms with Gasteiger partial charge < -0.3 is 9.05 Å². The Kier molecular flexibility index (Phi) is 7.58. The van der Waals surface area contributed by atoms with Crippen molar-refractivity contribution in [1.29, 1.82) is 0 Å². The Morgan fingerprint density at radius 1 is 1.13 bits per heavy atom. The molecule has 5 nitrogen and oxygen atoms in total. The van der Waals surface area contributed by atoms with Crippen molar-refractivity contribution in [3.8, 4) is 0 Å². The molecule has 0 aliphatic carbocycles. The Labute approximate surface area is 91.9 Å². The van der Waals surface area contributed by atoms with Crippen LogP contribution in [0.2, 0.25) is 0 Å². The first-order valence-electron chi connectivity index (χ1n) is 4.99. The average Bonchev–Trinajstić information content (AvgIpc) is 2.17. The molecule has 0 saturated heterocycles. The van der Waals surface area contributed by atoms with Crippen LogP contribution < -0.4 is 0 Å². The molecule has 15 heavy (non-hydrogen) atoms. The van der Waals surface area contributed by atoms with Crippen LogP contribution in [0.3, 0.4) is 0 Å². The van der Waals surface area contributed by atoms with Crippen LogP contribution in [-0.4, -0.2) is 25.2 Å². The second kappa shape index (κ2) is 7.48. The molecule has 0 aliphatic rings. The van der Waals surface area contributed by atoms with Crippen molar-refractivity contribution >= 4 is 15.6 Å². The lowest BCUT2D eigenvalue weighted by Crippen LogP contribution is -2.07. The Morgan fingerprint density at radius 2 is 1.60 bits per heavy atom. The third-order valence-electron chi connectivity index (χ3n) is 1.64. The summed E-state index contributed by atoms with van der Waals surface area (Å²) in [6, 6.07) is 0. The molecule has 0 N–H and O–H groups in total. The van der Waals surface area contributed by atoms with Gasteiger partial charge in [-0.05, 0) is 32.3 Å². The van der Waals surface area contributed by atoms with Crippen LogP contribution in [0.4, 0.5) is 0 Å². The predicted octanol–water partition coefficient (Wildman–Crippen LogP) is 3.38. The molecule has 2 unspecified atom stereocenters. The topological polar surface area (TPSA) is 61.8 Å². The summed E-state index contributed by atoms with van der Waals surface area (Å²) in [4.78, 5) is 0. The Morgan fingerprint density at radius 3 is 1.93 bits per heavy atom. The minimum absolute atomic E-state index is 0.261. The summed E-state index contributed by atoms with van der Waals surface area (Å²) >= 11 is 0. The highest BCUT2D eigenvalue weighted by Gasteiger charge is 2.47. The van der Waals surface area contributed by atoms with E-state index in [4.69, 9.17) is 13.6 Å². The number of hydrogen-bond donors (Lipinski definition) is 0. The van der Waals surface area contributed by atoms with Crippen LogP contribution in [0.25, 0.3) is 0 Å². The van der Waals surface area contributed by atoms with E-state index in [-0.39, 0.29) is 13.2 Å². The molecule has 0 aromatic rings. The van der Waals surface area contributed by atoms with E-state index in [1.165, 1.54) is 0 Å². The molecule has 0 spiro atoms. The van der Waals surface area contributed by atoms with Crippen LogP contribution in [0, 0.1) is 0 Å². The summed E-state index contributed by atoms with van der Waals surface area (Å²) in [5.74, 6) is 0. The minimum Gasteiger partial charge on any atom is -0.306 e. The van der Waals surface area contributed by atoms with Gasteiger partial charge in [-0.25, -0.2) is 0 Å². The standard InChI is InChI=1S/C8H19O5P2/c1-5-11-14(9)8(4)15(10,12-6-2)13-7-3/h8H,5-7H2,1-4H3/q+1. The summed E-state index contributed by atoms with van der Waals surface area (Å²) in [6.07, 6.45) is 0. The Balaban J connectivity index is 4.60. The molecule has 0 aromatic carbocycles. The van der Waals surface area contributed by atoms with Crippen molar-refractivity contribution in [3.63, 3.8) is 0 Å². The molecule has 0 rings (SSSR count). The Hall–Kier alpha value is 0.210. The SMILES string of the molecule is CCO[P+](=O)C(C)P(=O)(OCC)OCC. The van der Waals surface area contributed by atoms with Crippen molar-refractivity contribution < 1.29 is 22.7 Å². The average molecular weight is 257 g/mol. The molecule has 0 aliphatic heterocycles. The van der Waals surface area contributed by atoms with Crippen LogP contribution in [0.15, 0.2) is 0 Å². The summed E-state index contributed by atoms with van der Waals surface area (Å²) < 4.78 is 38.7. The molecule has 0 bridgehead atoms. The van der Waals surface area contributed by atoms with Gasteiger partial charge in [0.1, 0.15) is 0 Å². The molecule has 0 saturated carbocycles. The van der Waals surface area contributed by atoms with Gasteiger partial charge >= 0.3 is 15.6 Å². The van der Waals surface area contributed by atoms with Crippen molar-refractivity contribution in [2.45, 2.75) is 33.1 Å². The normalized spacial score (nSPS) is 15.1. The van der Waals surface area contributed by atoms with E-state index in [1.807, 2.05) is 0 Å². The maximum Gasteiger partial charge on any atom is 0.524 e. The van der Waals surface area contributed by atoms with Gasteiger partial charge in [0, 0.05) is 0 Å². The van der Waals surface area contributed by atoms with E-state index in [1.54, 1.807) is 27.7 Å². The fraction of sp³-hybridized carbons (Fsp3) is 1.00. The predicted molar refractivity (Wildman–Crippen MR) is 59.6 cm³/mol. The van der Waals surface area contributed by atoms with Crippen molar-refractivity contribution in [1.82, 2.24) is 0 Å². The van der Waals surface area contributed by atoms with E-state index in [0.29, 0.717) is 6.61 Å². The van der Waals surface area contributed by atoms with Crippen molar-refractivity contribution in [2.24, 2.45) is 0 Å². The molecule has 2 atom stereocenters. The van der Waals surface area contributed by atoms with Gasteiger partial charge in [-0.1, -0.05) is 0 Å². The molecular weight excluding hydrogens is 238 g/mol. The van der Waals surface area contributed by atoms with Gasteiger partial charge in [-0.15, -0.1) is 4.52 Å². The molecule has 0 radical (unpaired) electrons. The van der Waals surface area contributed by atoms with Crippen molar-refractivity contribution in [2.75, 3.05) is 19.8 Å². The highest BCUT2D eigenvalue weighted by Crippen LogP contribution is 2.61. The van der Waals surface area contributed by atoms with Gasteiger partial charge in [0.15, 0.2) is 0 Å². The lowest BCUT2D eigenvalue weighted by Gasteiger charge is -2.16. The summed E-state index contributed by atoms with van der Waals surface area (Å²) in [5, 5.41) is -0.729. The number of hydrogen-bond acceptors (Lipinski definition) is 5. The molecule has 0 aromatic heterocycles. The lowest BCUT2D eigenvalue weighted by molar-refractivity contribution is 0.217. The first kappa shape index (κ1) is 15.2. The lowest BCUT2D eigenvalue weighted by atomic mass is 10.9. The number of rotatable bonds is 8. The Bertz CT molecular complexity index is 233. The second-order valence-corrected chi connectivity index (χ2v) is 7.09. The van der Waals surface area contributed by atoms with Crippen LogP contribution >= 0.6 is 15.6 Å². The van der Waals surface area contributed by atoms with Gasteiger partial charge in [0.25, 0.3) is 5.40 Å². The van der Waals surface area contributed by atoms with Crippen LogP contribution in [0.5, 0.6) is 0 Å². The third kappa shape index (κ3) is 4.71. The van der Waals surface area contributed by atoms with E-state index >= 15 is 0 Å². The van der Waals surface area contributed by atoms with E-state index in [0.717, 1.165) is 0 Å². The maximum absolute atomic E-state index is 12.1. The van der Waals surface area contributed by atoms with E-state index < -0.39 is 21.0 Å². The van der Waals surface area contributed by atoms with Crippen LogP contribution in [-0.2, 0) is 22.7 Å². The molecule has 90 valence electrons. The van der Waals surface area contributed by atoms with Crippen molar-refractivity contribution in [3.05, 3.63) is 0 Å². The van der Waals surface area contributed by atoms with E-state index in [2.05, 4.69) is 0 Å². The first-order chi connectivity index (χ1) is 7.01. The second-order valence-electron chi connectivity index (χ2n) is 2.71. The largest absolute Gasteiger partial charge is 0.524 e. The monoisotopic (exact) mass is 257 g/mol. The zero-order valence-electron chi connectivity index (χ0n) is 9.63. The summed E-state index contributed by atoms with van der Waals surface area (Å²) in [7, 11) is -5.32. The fourth-order valence-corrected chi connectivity index (χ4v) is 4.18. The highest BCUT2D eigenvalue weighted by molar-refractivity contribution is 7.67. The smallest absolute Gasteiger partial charge is 0.306 e. The van der Waals surface area contributed by atoms with Gasteiger partial charge in [-0.2, -0.15) is 0 Å². The zero-order chi connectivity index (χ0) is 11.9. The van der Waals surface area contributed by atoms with Gasteiger partial charge in [0.2, 0.25) is 0 Å². The minimum atomic E-state index is -3.30. The van der Waals surface area contributed by atoms with E-state index in [9.17, 15) is 9.13 Å².